The molecule has 0 spiro atoms. The molecule has 0 atom stereocenters. The number of phenols is 1. The van der Waals surface area contributed by atoms with Gasteiger partial charge in [0.05, 0.1) is 5.33 Å². The predicted octanol–water partition coefficient (Wildman–Crippen LogP) is 4.12. The first-order chi connectivity index (χ1) is 9.86. The molecule has 0 aliphatic heterocycles. The highest BCUT2D eigenvalue weighted by Crippen LogP contribution is 2.35. The van der Waals surface area contributed by atoms with Crippen molar-refractivity contribution < 1.29 is 9.90 Å². The van der Waals surface area contributed by atoms with Gasteiger partial charge in [0.2, 0.25) is 0 Å². The summed E-state index contributed by atoms with van der Waals surface area (Å²) in [7, 11) is 0. The molecular formula is C17H18BrNO2. The monoisotopic (exact) mass is 347 g/mol. The molecular weight excluding hydrogens is 330 g/mol. The number of carbonyl (C=O) groups is 1. The molecule has 0 fully saturated rings. The van der Waals surface area contributed by atoms with Crippen LogP contribution >= 0.6 is 15.9 Å². The van der Waals surface area contributed by atoms with E-state index < -0.39 is 5.41 Å². The second-order valence-corrected chi connectivity index (χ2v) is 6.20. The van der Waals surface area contributed by atoms with E-state index in [2.05, 4.69) is 20.9 Å². The summed E-state index contributed by atoms with van der Waals surface area (Å²) >= 11 is 3.11. The number of benzene rings is 2. The molecule has 110 valence electrons. The molecule has 0 heterocycles. The van der Waals surface area contributed by atoms with Crippen molar-refractivity contribution in [3.05, 3.63) is 41.5 Å². The van der Waals surface area contributed by atoms with Crippen molar-refractivity contribution >= 4 is 38.8 Å². The Morgan fingerprint density at radius 2 is 2.00 bits per heavy atom. The Morgan fingerprint density at radius 3 is 2.67 bits per heavy atom. The summed E-state index contributed by atoms with van der Waals surface area (Å²) in [6.45, 7) is 6.06. The molecule has 0 bridgehead atoms. The number of nitrogens with zero attached hydrogens (tertiary/aromatic N) is 1. The van der Waals surface area contributed by atoms with Crippen molar-refractivity contribution in [2.75, 3.05) is 5.33 Å². The first-order valence-corrected chi connectivity index (χ1v) is 7.85. The van der Waals surface area contributed by atoms with Gasteiger partial charge in [-0.05, 0) is 29.5 Å². The second-order valence-electron chi connectivity index (χ2n) is 5.64. The van der Waals surface area contributed by atoms with Gasteiger partial charge < -0.3 is 5.11 Å². The minimum atomic E-state index is -0.408. The van der Waals surface area contributed by atoms with Gasteiger partial charge in [-0.15, -0.1) is 0 Å². The van der Waals surface area contributed by atoms with E-state index in [0.29, 0.717) is 0 Å². The van der Waals surface area contributed by atoms with Gasteiger partial charge in [0.25, 0.3) is 5.91 Å². The Kier molecular flexibility index (Phi) is 4.47. The summed E-state index contributed by atoms with van der Waals surface area (Å²) in [5.74, 6) is 0.0573. The van der Waals surface area contributed by atoms with E-state index in [4.69, 9.17) is 0 Å². The Balaban J connectivity index is 2.64. The Bertz CT molecular complexity index is 720. The summed E-state index contributed by atoms with van der Waals surface area (Å²) < 4.78 is 0. The fourth-order valence-corrected chi connectivity index (χ4v) is 2.78. The maximum atomic E-state index is 11.4. The molecule has 2 aromatic carbocycles. The average Bonchev–Trinajstić information content (AvgIpc) is 2.44. The summed E-state index contributed by atoms with van der Waals surface area (Å²) in [6, 6.07) is 9.40. The lowest BCUT2D eigenvalue weighted by Gasteiger charge is -2.24. The third-order valence-corrected chi connectivity index (χ3v) is 4.02. The van der Waals surface area contributed by atoms with Crippen LogP contribution in [0.4, 0.5) is 0 Å². The lowest BCUT2D eigenvalue weighted by Crippen LogP contribution is -2.21. The average molecular weight is 348 g/mol. The van der Waals surface area contributed by atoms with E-state index in [1.54, 1.807) is 12.3 Å². The van der Waals surface area contributed by atoms with Crippen molar-refractivity contribution in [2.45, 2.75) is 26.2 Å². The summed E-state index contributed by atoms with van der Waals surface area (Å²) in [6.07, 6.45) is 1.68. The predicted molar refractivity (Wildman–Crippen MR) is 90.7 cm³/mol. The van der Waals surface area contributed by atoms with Crippen molar-refractivity contribution in [1.82, 2.24) is 0 Å². The maximum absolute atomic E-state index is 11.4. The van der Waals surface area contributed by atoms with Crippen LogP contribution in [0, 0.1) is 6.92 Å². The first-order valence-electron chi connectivity index (χ1n) is 6.72. The highest BCUT2D eigenvalue weighted by molar-refractivity contribution is 9.09. The van der Waals surface area contributed by atoms with Crippen LogP contribution in [0.1, 0.15) is 25.0 Å². The largest absolute Gasteiger partial charge is 0.507 e. The van der Waals surface area contributed by atoms with E-state index >= 15 is 0 Å². The zero-order valence-corrected chi connectivity index (χ0v) is 13.9. The van der Waals surface area contributed by atoms with Crippen LogP contribution in [0.2, 0.25) is 0 Å². The zero-order chi connectivity index (χ0) is 15.6. The normalized spacial score (nSPS) is 12.2. The van der Waals surface area contributed by atoms with Gasteiger partial charge in [0, 0.05) is 17.0 Å². The number of fused-ring (bicyclic) bond motifs is 1. The molecule has 2 rings (SSSR count). The summed E-state index contributed by atoms with van der Waals surface area (Å²) in [5.41, 5.74) is 1.77. The number of carbonyl (C=O) groups excluding carboxylic acids is 1. The molecule has 0 saturated heterocycles. The van der Waals surface area contributed by atoms with Crippen LogP contribution in [-0.4, -0.2) is 22.6 Å². The Hall–Kier alpha value is -1.68. The SMILES string of the molecule is Cc1ccc2c(O)cccc2c1C(C)(C)/C=N/C(=O)CBr. The van der Waals surface area contributed by atoms with Gasteiger partial charge in [-0.3, -0.25) is 4.79 Å². The molecule has 0 unspecified atom stereocenters. The van der Waals surface area contributed by atoms with E-state index in [1.165, 1.54) is 0 Å². The number of aliphatic imine (C=N–C) groups is 1. The fourth-order valence-electron chi connectivity index (χ4n) is 2.64. The van der Waals surface area contributed by atoms with E-state index in [0.717, 1.165) is 21.9 Å². The van der Waals surface area contributed by atoms with Crippen molar-refractivity contribution in [3.63, 3.8) is 0 Å². The quantitative estimate of drug-likeness (QED) is 0.670. The molecule has 0 aromatic heterocycles. The van der Waals surface area contributed by atoms with Gasteiger partial charge in [0.15, 0.2) is 0 Å². The molecule has 0 saturated carbocycles. The van der Waals surface area contributed by atoms with Crippen LogP contribution in [0.3, 0.4) is 0 Å². The number of hydrogen-bond donors (Lipinski definition) is 1. The van der Waals surface area contributed by atoms with Crippen molar-refractivity contribution in [3.8, 4) is 5.75 Å². The number of rotatable bonds is 3. The highest BCUT2D eigenvalue weighted by Gasteiger charge is 2.23. The van der Waals surface area contributed by atoms with E-state index in [9.17, 15) is 9.90 Å². The number of halogens is 1. The van der Waals surface area contributed by atoms with Gasteiger partial charge in [-0.25, -0.2) is 4.99 Å². The summed E-state index contributed by atoms with van der Waals surface area (Å²) in [4.78, 5) is 15.4. The molecule has 0 aliphatic rings. The third-order valence-electron chi connectivity index (χ3n) is 3.54. The highest BCUT2D eigenvalue weighted by atomic mass is 79.9. The smallest absolute Gasteiger partial charge is 0.255 e. The second kappa shape index (κ2) is 5.98. The van der Waals surface area contributed by atoms with Gasteiger partial charge >= 0.3 is 0 Å². The van der Waals surface area contributed by atoms with Gasteiger partial charge in [-0.1, -0.05) is 54.0 Å². The number of hydrogen-bond acceptors (Lipinski definition) is 2. The van der Waals surface area contributed by atoms with Crippen LogP contribution in [0.15, 0.2) is 35.3 Å². The molecule has 2 aromatic rings. The molecule has 0 aliphatic carbocycles. The molecule has 21 heavy (non-hydrogen) atoms. The van der Waals surface area contributed by atoms with Crippen LogP contribution < -0.4 is 0 Å². The van der Waals surface area contributed by atoms with Crippen molar-refractivity contribution in [2.24, 2.45) is 4.99 Å². The minimum absolute atomic E-state index is 0.205. The number of amides is 1. The zero-order valence-electron chi connectivity index (χ0n) is 12.4. The molecule has 0 radical (unpaired) electrons. The topological polar surface area (TPSA) is 49.7 Å². The molecule has 1 amide bonds. The molecule has 1 N–H and O–H groups in total. The lowest BCUT2D eigenvalue weighted by atomic mass is 9.80. The summed E-state index contributed by atoms with van der Waals surface area (Å²) in [5, 5.41) is 12.0. The van der Waals surface area contributed by atoms with Crippen LogP contribution in [0.25, 0.3) is 10.8 Å². The molecule has 3 nitrogen and oxygen atoms in total. The number of aromatic hydroxyl groups is 1. The molecule has 4 heteroatoms. The fraction of sp³-hybridized carbons (Fsp3) is 0.294. The lowest BCUT2D eigenvalue weighted by molar-refractivity contribution is -0.115. The van der Waals surface area contributed by atoms with Gasteiger partial charge in [0.1, 0.15) is 5.75 Å². The van der Waals surface area contributed by atoms with E-state index in [-0.39, 0.29) is 17.0 Å². The number of aryl methyl sites for hydroxylation is 1. The first kappa shape index (κ1) is 15.7. The van der Waals surface area contributed by atoms with Crippen LogP contribution in [0.5, 0.6) is 5.75 Å². The Morgan fingerprint density at radius 1 is 1.29 bits per heavy atom. The van der Waals surface area contributed by atoms with Crippen LogP contribution in [-0.2, 0) is 10.2 Å². The standard InChI is InChI=1S/C17H18BrNO2/c1-11-7-8-12-13(5-4-6-14(12)20)16(11)17(2,3)10-19-15(21)9-18/h4-8,10,20H,9H2,1-3H3/b19-10+. The Labute approximate surface area is 132 Å². The maximum Gasteiger partial charge on any atom is 0.255 e. The number of alkyl halides is 1. The van der Waals surface area contributed by atoms with E-state index in [1.807, 2.05) is 45.0 Å². The minimum Gasteiger partial charge on any atom is -0.507 e. The van der Waals surface area contributed by atoms with Crippen molar-refractivity contribution in [1.29, 1.82) is 0 Å². The third kappa shape index (κ3) is 3.16. The van der Waals surface area contributed by atoms with Gasteiger partial charge in [-0.2, -0.15) is 0 Å². The number of phenolic OH excluding ortho intramolecular Hbond substituents is 1.